The standard InChI is InChI=1S/C25H20Cl2FN5O4/c26-16-4-1-5-30-24(16)37-12-13-3-2-6-32(13)20-9-19-14(7-17(20)27)23(34)15(25(35)36)11-33(19)21-10-31-22(29)8-18(21)28/h1,4-5,7-11,13H,2-3,6,12H2,(H2,29,31)(H,35,36)/t13-/m1/s1. The summed E-state index contributed by atoms with van der Waals surface area (Å²) in [5.41, 5.74) is 5.10. The molecular formula is C25H20Cl2FN5O4. The lowest BCUT2D eigenvalue weighted by molar-refractivity contribution is 0.0695. The van der Waals surface area contributed by atoms with E-state index in [0.29, 0.717) is 23.1 Å². The molecule has 1 atom stereocenters. The van der Waals surface area contributed by atoms with Crippen LogP contribution in [0.4, 0.5) is 15.9 Å². The van der Waals surface area contributed by atoms with Crippen molar-refractivity contribution in [3.63, 3.8) is 0 Å². The lowest BCUT2D eigenvalue weighted by atomic mass is 10.1. The number of benzene rings is 1. The number of carboxylic acid groups (broad SMARTS) is 1. The van der Waals surface area contributed by atoms with Gasteiger partial charge in [0.15, 0.2) is 5.82 Å². The van der Waals surface area contributed by atoms with E-state index in [1.54, 1.807) is 24.4 Å². The molecule has 9 nitrogen and oxygen atoms in total. The van der Waals surface area contributed by atoms with Gasteiger partial charge in [0.1, 0.15) is 28.7 Å². The van der Waals surface area contributed by atoms with Gasteiger partial charge in [-0.15, -0.1) is 0 Å². The molecule has 0 unspecified atom stereocenters. The summed E-state index contributed by atoms with van der Waals surface area (Å²) in [5, 5.41) is 10.3. The van der Waals surface area contributed by atoms with Crippen molar-refractivity contribution in [3.8, 4) is 11.6 Å². The van der Waals surface area contributed by atoms with Gasteiger partial charge in [-0.1, -0.05) is 23.2 Å². The number of pyridine rings is 3. The molecule has 0 radical (unpaired) electrons. The lowest BCUT2D eigenvalue weighted by Crippen LogP contribution is -2.34. The van der Waals surface area contributed by atoms with Gasteiger partial charge in [-0.05, 0) is 37.1 Å². The fourth-order valence-electron chi connectivity index (χ4n) is 4.50. The second-order valence-corrected chi connectivity index (χ2v) is 9.33. The number of anilines is 2. The molecule has 190 valence electrons. The summed E-state index contributed by atoms with van der Waals surface area (Å²) in [4.78, 5) is 34.9. The van der Waals surface area contributed by atoms with Crippen molar-refractivity contribution in [3.05, 3.63) is 80.6 Å². The van der Waals surface area contributed by atoms with Gasteiger partial charge in [0.2, 0.25) is 11.3 Å². The van der Waals surface area contributed by atoms with E-state index in [-0.39, 0.29) is 40.1 Å². The smallest absolute Gasteiger partial charge is 0.341 e. The van der Waals surface area contributed by atoms with Crippen LogP contribution in [0.1, 0.15) is 23.2 Å². The second-order valence-electron chi connectivity index (χ2n) is 8.52. The van der Waals surface area contributed by atoms with E-state index in [0.717, 1.165) is 25.1 Å². The number of rotatable bonds is 6. The Balaban J connectivity index is 1.62. The van der Waals surface area contributed by atoms with E-state index < -0.39 is 22.8 Å². The van der Waals surface area contributed by atoms with Gasteiger partial charge in [-0.3, -0.25) is 4.79 Å². The van der Waals surface area contributed by atoms with Crippen molar-refractivity contribution in [2.24, 2.45) is 0 Å². The molecule has 0 spiro atoms. The number of aromatic nitrogens is 3. The highest BCUT2D eigenvalue weighted by atomic mass is 35.5. The molecule has 1 aliphatic rings. The van der Waals surface area contributed by atoms with Crippen molar-refractivity contribution in [2.45, 2.75) is 18.9 Å². The highest BCUT2D eigenvalue weighted by Crippen LogP contribution is 2.36. The van der Waals surface area contributed by atoms with Gasteiger partial charge in [-0.25, -0.2) is 19.2 Å². The van der Waals surface area contributed by atoms with Crippen LogP contribution in [0.3, 0.4) is 0 Å². The molecule has 1 aromatic carbocycles. The average Bonchev–Trinajstić information content (AvgIpc) is 3.32. The maximum atomic E-state index is 14.9. The number of halogens is 3. The number of aromatic carboxylic acids is 1. The Hall–Kier alpha value is -3.89. The molecule has 0 bridgehead atoms. The van der Waals surface area contributed by atoms with Crippen LogP contribution in [-0.4, -0.2) is 44.8 Å². The van der Waals surface area contributed by atoms with Gasteiger partial charge < -0.3 is 25.0 Å². The van der Waals surface area contributed by atoms with Crippen LogP contribution in [0.15, 0.2) is 53.7 Å². The number of fused-ring (bicyclic) bond motifs is 1. The van der Waals surface area contributed by atoms with Gasteiger partial charge in [0, 0.05) is 30.4 Å². The average molecular weight is 544 g/mol. The summed E-state index contributed by atoms with van der Waals surface area (Å²) in [6, 6.07) is 7.39. The molecule has 3 aromatic heterocycles. The number of carbonyl (C=O) groups is 1. The van der Waals surface area contributed by atoms with Crippen LogP contribution in [0.2, 0.25) is 10.0 Å². The predicted octanol–water partition coefficient (Wildman–Crippen LogP) is 4.55. The van der Waals surface area contributed by atoms with E-state index in [2.05, 4.69) is 9.97 Å². The molecular weight excluding hydrogens is 524 g/mol. The number of ether oxygens (including phenoxy) is 1. The van der Waals surface area contributed by atoms with Crippen LogP contribution in [0.25, 0.3) is 16.6 Å². The van der Waals surface area contributed by atoms with E-state index in [1.165, 1.54) is 16.8 Å². The van der Waals surface area contributed by atoms with Gasteiger partial charge in [0.25, 0.3) is 0 Å². The third-order valence-corrected chi connectivity index (χ3v) is 6.83. The summed E-state index contributed by atoms with van der Waals surface area (Å²) in [6.07, 6.45) is 5.51. The zero-order valence-electron chi connectivity index (χ0n) is 19.2. The minimum atomic E-state index is -1.45. The number of nitrogen functional groups attached to an aromatic ring is 1. The highest BCUT2D eigenvalue weighted by Gasteiger charge is 2.29. The first kappa shape index (κ1) is 24.8. The Kier molecular flexibility index (Phi) is 6.61. The quantitative estimate of drug-likeness (QED) is 0.362. The van der Waals surface area contributed by atoms with Crippen LogP contribution in [0, 0.1) is 5.82 Å². The first-order valence-electron chi connectivity index (χ1n) is 11.3. The predicted molar refractivity (Wildman–Crippen MR) is 139 cm³/mol. The molecule has 4 heterocycles. The zero-order chi connectivity index (χ0) is 26.3. The number of nitrogens with zero attached hydrogens (tertiary/aromatic N) is 4. The lowest BCUT2D eigenvalue weighted by Gasteiger charge is -2.28. The topological polar surface area (TPSA) is 124 Å². The molecule has 3 N–H and O–H groups in total. The SMILES string of the molecule is Nc1cc(F)c(-n2cc(C(=O)O)c(=O)c3cc(Cl)c(N4CCC[C@@H]4COc4ncccc4Cl)cc32)cn1. The molecule has 5 rings (SSSR count). The van der Waals surface area contributed by atoms with Crippen LogP contribution in [-0.2, 0) is 0 Å². The zero-order valence-corrected chi connectivity index (χ0v) is 20.7. The van der Waals surface area contributed by atoms with Crippen LogP contribution < -0.4 is 20.8 Å². The first-order valence-corrected chi connectivity index (χ1v) is 12.0. The number of hydrogen-bond acceptors (Lipinski definition) is 7. The molecule has 1 aliphatic heterocycles. The van der Waals surface area contributed by atoms with Crippen molar-refractivity contribution < 1.29 is 19.0 Å². The fraction of sp³-hybridized carbons (Fsp3) is 0.200. The van der Waals surface area contributed by atoms with Crippen molar-refractivity contribution in [1.29, 1.82) is 0 Å². The number of carboxylic acids is 1. The third-order valence-electron chi connectivity index (χ3n) is 6.24. The second kappa shape index (κ2) is 9.87. The Bertz CT molecular complexity index is 1600. The van der Waals surface area contributed by atoms with E-state index in [1.807, 2.05) is 4.90 Å². The minimum Gasteiger partial charge on any atom is -0.477 e. The van der Waals surface area contributed by atoms with Crippen molar-refractivity contribution >= 4 is 51.6 Å². The Morgan fingerprint density at radius 2 is 2.03 bits per heavy atom. The summed E-state index contributed by atoms with van der Waals surface area (Å²) in [5.74, 6) is -1.90. The Morgan fingerprint density at radius 3 is 2.76 bits per heavy atom. The molecule has 1 fully saturated rings. The van der Waals surface area contributed by atoms with E-state index in [9.17, 15) is 19.1 Å². The van der Waals surface area contributed by atoms with Crippen molar-refractivity contribution in [1.82, 2.24) is 14.5 Å². The maximum Gasteiger partial charge on any atom is 0.341 e. The molecule has 1 saturated heterocycles. The summed E-state index contributed by atoms with van der Waals surface area (Å²) in [7, 11) is 0. The van der Waals surface area contributed by atoms with E-state index in [4.69, 9.17) is 33.7 Å². The Morgan fingerprint density at radius 1 is 1.22 bits per heavy atom. The Labute approximate surface area is 219 Å². The van der Waals surface area contributed by atoms with Crippen LogP contribution >= 0.6 is 23.2 Å². The molecule has 12 heteroatoms. The molecule has 0 aliphatic carbocycles. The number of nitrogens with two attached hydrogens (primary N) is 1. The van der Waals surface area contributed by atoms with Crippen molar-refractivity contribution in [2.75, 3.05) is 23.8 Å². The fourth-order valence-corrected chi connectivity index (χ4v) is 4.95. The molecule has 37 heavy (non-hydrogen) atoms. The normalized spacial score (nSPS) is 15.3. The van der Waals surface area contributed by atoms with E-state index >= 15 is 0 Å². The van der Waals surface area contributed by atoms with Gasteiger partial charge in [-0.2, -0.15) is 0 Å². The summed E-state index contributed by atoms with van der Waals surface area (Å²) in [6.45, 7) is 0.941. The molecule has 0 amide bonds. The number of hydrogen-bond donors (Lipinski definition) is 2. The summed E-state index contributed by atoms with van der Waals surface area (Å²) < 4.78 is 22.0. The summed E-state index contributed by atoms with van der Waals surface area (Å²) >= 11 is 12.8. The minimum absolute atomic E-state index is 0.0251. The molecule has 4 aromatic rings. The van der Waals surface area contributed by atoms with Gasteiger partial charge in [0.05, 0.1) is 28.5 Å². The maximum absolute atomic E-state index is 14.9. The third kappa shape index (κ3) is 4.65. The molecule has 0 saturated carbocycles. The van der Waals surface area contributed by atoms with Crippen LogP contribution in [0.5, 0.6) is 5.88 Å². The first-order chi connectivity index (χ1) is 17.7. The highest BCUT2D eigenvalue weighted by molar-refractivity contribution is 6.34. The largest absolute Gasteiger partial charge is 0.477 e. The monoisotopic (exact) mass is 543 g/mol. The van der Waals surface area contributed by atoms with Gasteiger partial charge >= 0.3 is 5.97 Å².